The van der Waals surface area contributed by atoms with Crippen LogP contribution in [0.15, 0.2) is 64.2 Å². The lowest BCUT2D eigenvalue weighted by molar-refractivity contribution is 0.210. The molecule has 2 heterocycles. The molecule has 1 aromatic carbocycles. The fourth-order valence-corrected chi connectivity index (χ4v) is 4.41. The summed E-state index contributed by atoms with van der Waals surface area (Å²) < 4.78 is 22.7. The molecule has 0 unspecified atom stereocenters. The second kappa shape index (κ2) is 8.66. The molecular formula is C18H19N3O3S3. The molecule has 3 aromatic rings. The lowest BCUT2D eigenvalue weighted by atomic mass is 10.3. The van der Waals surface area contributed by atoms with Crippen LogP contribution in [0.25, 0.3) is 0 Å². The van der Waals surface area contributed by atoms with Crippen LogP contribution in [-0.2, 0) is 23.0 Å². The zero-order chi connectivity index (χ0) is 19.3. The summed E-state index contributed by atoms with van der Waals surface area (Å²) in [6.45, 7) is 1.10. The maximum atomic E-state index is 12.8. The maximum absolute atomic E-state index is 12.8. The van der Waals surface area contributed by atoms with Crippen LogP contribution in [0.5, 0.6) is 0 Å². The molecule has 0 radical (unpaired) electrons. The molecule has 9 heteroatoms. The Morgan fingerprint density at radius 2 is 1.63 bits per heavy atom. The quantitative estimate of drug-likeness (QED) is 0.609. The van der Waals surface area contributed by atoms with E-state index in [1.165, 1.54) is 29.1 Å². The maximum Gasteiger partial charge on any atom is 0.322 e. The van der Waals surface area contributed by atoms with Crippen LogP contribution < -0.4 is 10.5 Å². The molecule has 0 fully saturated rings. The summed E-state index contributed by atoms with van der Waals surface area (Å²) in [6, 6.07) is 13.6. The number of hydrogen-bond acceptors (Lipinski definition) is 5. The minimum absolute atomic E-state index is 0.00800. The van der Waals surface area contributed by atoms with E-state index < -0.39 is 10.0 Å². The molecule has 142 valence electrons. The van der Waals surface area contributed by atoms with E-state index in [0.717, 1.165) is 11.3 Å². The number of carbonyl (C=O) groups is 1. The van der Waals surface area contributed by atoms with Crippen molar-refractivity contribution in [1.29, 1.82) is 0 Å². The Morgan fingerprint density at radius 1 is 1.00 bits per heavy atom. The van der Waals surface area contributed by atoms with E-state index in [0.29, 0.717) is 18.8 Å². The van der Waals surface area contributed by atoms with Gasteiger partial charge in [-0.25, -0.2) is 18.4 Å². The normalized spacial score (nSPS) is 11.3. The van der Waals surface area contributed by atoms with E-state index >= 15 is 0 Å². The first-order chi connectivity index (χ1) is 12.9. The van der Waals surface area contributed by atoms with E-state index in [1.807, 2.05) is 29.0 Å². The number of benzene rings is 1. The number of nitrogens with zero attached hydrogens (tertiary/aromatic N) is 1. The van der Waals surface area contributed by atoms with Crippen LogP contribution in [0.2, 0.25) is 0 Å². The van der Waals surface area contributed by atoms with Crippen LogP contribution in [-0.4, -0.2) is 25.9 Å². The first-order valence-electron chi connectivity index (χ1n) is 8.15. The number of thiophene rings is 2. The number of nitrogens with two attached hydrogens (primary N) is 1. The summed E-state index contributed by atoms with van der Waals surface area (Å²) in [6.07, 6.45) is 0.779. The Hall–Kier alpha value is -2.20. The molecule has 3 N–H and O–H groups in total. The predicted molar refractivity (Wildman–Crippen MR) is 110 cm³/mol. The molecule has 0 atom stereocenters. The van der Waals surface area contributed by atoms with Gasteiger partial charge in [0.05, 0.1) is 11.4 Å². The van der Waals surface area contributed by atoms with Crippen molar-refractivity contribution >= 4 is 44.4 Å². The summed E-state index contributed by atoms with van der Waals surface area (Å²) in [5.41, 5.74) is 0.514. The molecule has 0 aliphatic rings. The van der Waals surface area contributed by atoms with Gasteiger partial charge in [-0.1, -0.05) is 12.1 Å². The molecule has 0 aliphatic carbocycles. The molecule has 3 rings (SSSR count). The molecule has 2 amide bonds. The van der Waals surface area contributed by atoms with Crippen molar-refractivity contribution in [1.82, 2.24) is 4.90 Å². The van der Waals surface area contributed by atoms with Crippen molar-refractivity contribution in [2.75, 3.05) is 11.9 Å². The summed E-state index contributed by atoms with van der Waals surface area (Å²) in [5, 5.41) is 11.9. The topological polar surface area (TPSA) is 92.5 Å². The van der Waals surface area contributed by atoms with E-state index in [-0.39, 0.29) is 10.9 Å². The van der Waals surface area contributed by atoms with Crippen molar-refractivity contribution in [2.24, 2.45) is 5.14 Å². The van der Waals surface area contributed by atoms with Crippen molar-refractivity contribution in [3.05, 3.63) is 69.0 Å². The number of urea groups is 1. The van der Waals surface area contributed by atoms with Crippen LogP contribution in [0.1, 0.15) is 9.75 Å². The predicted octanol–water partition coefficient (Wildman–Crippen LogP) is 3.73. The zero-order valence-electron chi connectivity index (χ0n) is 14.4. The largest absolute Gasteiger partial charge is 0.322 e. The smallest absolute Gasteiger partial charge is 0.319 e. The van der Waals surface area contributed by atoms with E-state index in [1.54, 1.807) is 27.6 Å². The molecule has 0 spiro atoms. The summed E-state index contributed by atoms with van der Waals surface area (Å²) in [5.74, 6) is 0. The van der Waals surface area contributed by atoms with Crippen molar-refractivity contribution in [2.45, 2.75) is 17.9 Å². The van der Waals surface area contributed by atoms with Crippen LogP contribution in [0.4, 0.5) is 10.5 Å². The van der Waals surface area contributed by atoms with E-state index in [2.05, 4.69) is 11.4 Å². The first kappa shape index (κ1) is 19.6. The minimum atomic E-state index is -3.75. The number of hydrogen-bond donors (Lipinski definition) is 2. The number of rotatable bonds is 7. The first-order valence-corrected chi connectivity index (χ1v) is 11.5. The molecule has 27 heavy (non-hydrogen) atoms. The van der Waals surface area contributed by atoms with Gasteiger partial charge in [0, 0.05) is 22.0 Å². The second-order valence-electron chi connectivity index (χ2n) is 5.83. The lowest BCUT2D eigenvalue weighted by Gasteiger charge is -2.22. The monoisotopic (exact) mass is 421 g/mol. The Morgan fingerprint density at radius 3 is 2.19 bits per heavy atom. The van der Waals surface area contributed by atoms with Gasteiger partial charge in [0.25, 0.3) is 0 Å². The van der Waals surface area contributed by atoms with Gasteiger partial charge in [0.2, 0.25) is 10.0 Å². The Labute approximate surface area is 166 Å². The Bertz CT molecular complexity index is 967. The van der Waals surface area contributed by atoms with Crippen molar-refractivity contribution in [3.8, 4) is 0 Å². The van der Waals surface area contributed by atoms with Crippen LogP contribution in [0, 0.1) is 0 Å². The van der Waals surface area contributed by atoms with E-state index in [4.69, 9.17) is 5.14 Å². The molecular weight excluding hydrogens is 402 g/mol. The third kappa shape index (κ3) is 5.64. The Balaban J connectivity index is 1.69. The fraction of sp³-hybridized carbons (Fsp3) is 0.167. The van der Waals surface area contributed by atoms with Crippen LogP contribution >= 0.6 is 22.7 Å². The van der Waals surface area contributed by atoms with Crippen molar-refractivity contribution < 1.29 is 13.2 Å². The third-order valence-corrected chi connectivity index (χ3v) is 6.58. The Kier molecular flexibility index (Phi) is 6.27. The number of sulfonamides is 1. The van der Waals surface area contributed by atoms with Gasteiger partial charge in [-0.05, 0) is 53.6 Å². The highest BCUT2D eigenvalue weighted by Gasteiger charge is 2.16. The lowest BCUT2D eigenvalue weighted by Crippen LogP contribution is -2.35. The summed E-state index contributed by atoms with van der Waals surface area (Å²) in [7, 11) is -3.75. The molecule has 2 aromatic heterocycles. The molecule has 0 saturated carbocycles. The average molecular weight is 422 g/mol. The van der Waals surface area contributed by atoms with Crippen molar-refractivity contribution in [3.63, 3.8) is 0 Å². The van der Waals surface area contributed by atoms with Crippen LogP contribution in [0.3, 0.4) is 0 Å². The van der Waals surface area contributed by atoms with Gasteiger partial charge < -0.3 is 10.2 Å². The number of carbonyl (C=O) groups excluding carboxylic acids is 1. The second-order valence-corrected chi connectivity index (χ2v) is 9.46. The summed E-state index contributed by atoms with van der Waals surface area (Å²) in [4.78, 5) is 16.8. The number of nitrogens with one attached hydrogen (secondary N) is 1. The van der Waals surface area contributed by atoms with Gasteiger partial charge >= 0.3 is 6.03 Å². The number of amides is 2. The van der Waals surface area contributed by atoms with E-state index in [9.17, 15) is 13.2 Å². The van der Waals surface area contributed by atoms with Gasteiger partial charge in [-0.2, -0.15) is 0 Å². The van der Waals surface area contributed by atoms with Gasteiger partial charge in [-0.3, -0.25) is 0 Å². The minimum Gasteiger partial charge on any atom is -0.319 e. The molecule has 0 saturated heterocycles. The highest BCUT2D eigenvalue weighted by molar-refractivity contribution is 7.89. The highest BCUT2D eigenvalue weighted by Crippen LogP contribution is 2.17. The van der Waals surface area contributed by atoms with Gasteiger partial charge in [0.15, 0.2) is 0 Å². The molecule has 0 bridgehead atoms. The molecule has 6 nitrogen and oxygen atoms in total. The molecule has 0 aliphatic heterocycles. The standard InChI is InChI=1S/C18H19N3O3S3/c19-27(23,24)17-7-5-14(6-8-17)20-18(22)21(13-16-4-2-12-26-16)10-9-15-3-1-11-25-15/h1-8,11-12H,9-10,13H2,(H,20,22)(H2,19,23,24). The highest BCUT2D eigenvalue weighted by atomic mass is 32.2. The number of primary sulfonamides is 1. The fourth-order valence-electron chi connectivity index (χ4n) is 2.47. The zero-order valence-corrected chi connectivity index (χ0v) is 16.8. The number of anilines is 1. The van der Waals surface area contributed by atoms with Gasteiger partial charge in [0.1, 0.15) is 0 Å². The average Bonchev–Trinajstić information content (AvgIpc) is 3.32. The summed E-state index contributed by atoms with van der Waals surface area (Å²) >= 11 is 3.27. The third-order valence-electron chi connectivity index (χ3n) is 3.86. The SMILES string of the molecule is NS(=O)(=O)c1ccc(NC(=O)N(CCc2cccs2)Cc2cccs2)cc1. The van der Waals surface area contributed by atoms with Gasteiger partial charge in [-0.15, -0.1) is 22.7 Å².